The minimum absolute atomic E-state index is 0.0358. The van der Waals surface area contributed by atoms with Crippen molar-refractivity contribution in [2.24, 2.45) is 5.92 Å². The summed E-state index contributed by atoms with van der Waals surface area (Å²) >= 11 is 0. The first kappa shape index (κ1) is 19.8. The molecule has 1 amide bonds. The number of benzene rings is 1. The van der Waals surface area contributed by atoms with Crippen molar-refractivity contribution in [2.75, 3.05) is 13.1 Å². The second kappa shape index (κ2) is 8.37. The van der Waals surface area contributed by atoms with Crippen LogP contribution < -0.4 is 5.69 Å². The monoisotopic (exact) mass is 383 g/mol. The average molecular weight is 383 g/mol. The van der Waals surface area contributed by atoms with Crippen molar-refractivity contribution < 1.29 is 14.7 Å². The molecule has 1 unspecified atom stereocenters. The Morgan fingerprint density at radius 1 is 1.25 bits per heavy atom. The van der Waals surface area contributed by atoms with Gasteiger partial charge in [-0.05, 0) is 56.4 Å². The predicted octanol–water partition coefficient (Wildman–Crippen LogP) is 2.04. The Labute approximate surface area is 163 Å². The second-order valence-corrected chi connectivity index (χ2v) is 7.43. The summed E-state index contributed by atoms with van der Waals surface area (Å²) in [5.41, 5.74) is 2.44. The van der Waals surface area contributed by atoms with E-state index in [9.17, 15) is 14.4 Å². The number of likely N-dealkylation sites (tertiary alicyclic amines) is 1. The van der Waals surface area contributed by atoms with E-state index < -0.39 is 5.97 Å². The van der Waals surface area contributed by atoms with Crippen LogP contribution in [0.2, 0.25) is 0 Å². The van der Waals surface area contributed by atoms with Crippen LogP contribution in [0, 0.1) is 19.8 Å². The van der Waals surface area contributed by atoms with Gasteiger partial charge < -0.3 is 10.0 Å². The maximum atomic E-state index is 12.6. The number of carboxylic acid groups (broad SMARTS) is 1. The van der Waals surface area contributed by atoms with E-state index in [-0.39, 0.29) is 23.6 Å². The van der Waals surface area contributed by atoms with E-state index in [1.54, 1.807) is 25.1 Å². The van der Waals surface area contributed by atoms with Crippen LogP contribution in [0.4, 0.5) is 0 Å². The van der Waals surface area contributed by atoms with Crippen molar-refractivity contribution in [1.82, 2.24) is 14.5 Å². The lowest BCUT2D eigenvalue weighted by Crippen LogP contribution is -2.32. The predicted molar refractivity (Wildman–Crippen MR) is 104 cm³/mol. The van der Waals surface area contributed by atoms with Crippen LogP contribution in [0.3, 0.4) is 0 Å². The molecule has 1 aromatic heterocycles. The highest BCUT2D eigenvalue weighted by Crippen LogP contribution is 2.22. The maximum Gasteiger partial charge on any atom is 0.347 e. The molecular formula is C21H25N3O4. The zero-order valence-electron chi connectivity index (χ0n) is 16.2. The quantitative estimate of drug-likeness (QED) is 0.824. The molecule has 1 atom stereocenters. The molecule has 0 bridgehead atoms. The summed E-state index contributed by atoms with van der Waals surface area (Å²) in [6.45, 7) is 5.31. The normalized spacial score (nSPS) is 16.4. The standard InChI is InChI=1S/C21H25N3O4/c1-14-10-15(2)24(21(28)22-14)9-7-19(25)23-8-6-17(13-23)11-16-4-3-5-18(12-16)20(26)27/h3-5,10,12,17H,6-9,11,13H2,1-2H3,(H,26,27). The minimum atomic E-state index is -0.929. The van der Waals surface area contributed by atoms with E-state index in [0.717, 1.165) is 24.1 Å². The fraction of sp³-hybridized carbons (Fsp3) is 0.429. The first-order valence-electron chi connectivity index (χ1n) is 9.48. The largest absolute Gasteiger partial charge is 0.478 e. The third kappa shape index (κ3) is 4.65. The first-order valence-corrected chi connectivity index (χ1v) is 9.48. The van der Waals surface area contributed by atoms with Crippen molar-refractivity contribution in [3.8, 4) is 0 Å². The van der Waals surface area contributed by atoms with Crippen LogP contribution >= 0.6 is 0 Å². The molecule has 7 nitrogen and oxygen atoms in total. The van der Waals surface area contributed by atoms with Gasteiger partial charge in [-0.15, -0.1) is 0 Å². The van der Waals surface area contributed by atoms with Crippen molar-refractivity contribution in [3.05, 3.63) is 63.3 Å². The van der Waals surface area contributed by atoms with Crippen molar-refractivity contribution in [1.29, 1.82) is 0 Å². The van der Waals surface area contributed by atoms with Crippen LogP contribution in [-0.2, 0) is 17.8 Å². The summed E-state index contributed by atoms with van der Waals surface area (Å²) in [7, 11) is 0. The molecule has 1 saturated heterocycles. The molecule has 0 saturated carbocycles. The second-order valence-electron chi connectivity index (χ2n) is 7.43. The lowest BCUT2D eigenvalue weighted by Gasteiger charge is -2.17. The summed E-state index contributed by atoms with van der Waals surface area (Å²) in [4.78, 5) is 41.4. The molecule has 7 heteroatoms. The van der Waals surface area contributed by atoms with E-state index in [1.165, 1.54) is 4.57 Å². The molecule has 3 rings (SSSR count). The van der Waals surface area contributed by atoms with Gasteiger partial charge in [-0.25, -0.2) is 9.59 Å². The number of carboxylic acids is 1. The van der Waals surface area contributed by atoms with Crippen LogP contribution in [0.1, 0.15) is 40.2 Å². The Bertz CT molecular complexity index is 951. The van der Waals surface area contributed by atoms with Crippen LogP contribution in [0.5, 0.6) is 0 Å². The number of rotatable bonds is 6. The maximum absolute atomic E-state index is 12.6. The minimum Gasteiger partial charge on any atom is -0.478 e. The molecule has 0 spiro atoms. The molecule has 1 aromatic carbocycles. The summed E-state index contributed by atoms with van der Waals surface area (Å²) in [5.74, 6) is -0.576. The van der Waals surface area contributed by atoms with Gasteiger partial charge in [-0.1, -0.05) is 12.1 Å². The topological polar surface area (TPSA) is 92.5 Å². The van der Waals surface area contributed by atoms with Gasteiger partial charge in [0.2, 0.25) is 5.91 Å². The summed E-state index contributed by atoms with van der Waals surface area (Å²) in [6, 6.07) is 8.80. The molecule has 0 aliphatic carbocycles. The fourth-order valence-corrected chi connectivity index (χ4v) is 3.80. The third-order valence-corrected chi connectivity index (χ3v) is 5.23. The van der Waals surface area contributed by atoms with Gasteiger partial charge in [-0.2, -0.15) is 4.98 Å². The van der Waals surface area contributed by atoms with Gasteiger partial charge in [0.25, 0.3) is 0 Å². The molecule has 148 valence electrons. The summed E-state index contributed by atoms with van der Waals surface area (Å²) < 4.78 is 1.54. The third-order valence-electron chi connectivity index (χ3n) is 5.23. The number of carbonyl (C=O) groups excluding carboxylic acids is 1. The number of aromatic nitrogens is 2. The zero-order chi connectivity index (χ0) is 20.3. The number of nitrogens with zero attached hydrogens (tertiary/aromatic N) is 3. The summed E-state index contributed by atoms with van der Waals surface area (Å²) in [5, 5.41) is 9.11. The fourth-order valence-electron chi connectivity index (χ4n) is 3.80. The highest BCUT2D eigenvalue weighted by molar-refractivity contribution is 5.87. The van der Waals surface area contributed by atoms with Gasteiger partial charge in [0, 0.05) is 37.4 Å². The molecule has 1 aliphatic heterocycles. The van der Waals surface area contributed by atoms with Crippen LogP contribution in [0.25, 0.3) is 0 Å². The van der Waals surface area contributed by atoms with E-state index in [2.05, 4.69) is 4.98 Å². The Kier molecular flexibility index (Phi) is 5.92. The van der Waals surface area contributed by atoms with Gasteiger partial charge in [0.15, 0.2) is 0 Å². The average Bonchev–Trinajstić information content (AvgIpc) is 3.09. The lowest BCUT2D eigenvalue weighted by atomic mass is 9.97. The molecule has 2 heterocycles. The summed E-state index contributed by atoms with van der Waals surface area (Å²) in [6.07, 6.45) is 1.92. The van der Waals surface area contributed by atoms with Gasteiger partial charge in [0.1, 0.15) is 0 Å². The molecule has 28 heavy (non-hydrogen) atoms. The highest BCUT2D eigenvalue weighted by Gasteiger charge is 2.26. The highest BCUT2D eigenvalue weighted by atomic mass is 16.4. The number of carbonyl (C=O) groups is 2. The molecule has 0 radical (unpaired) electrons. The molecular weight excluding hydrogens is 358 g/mol. The van der Waals surface area contributed by atoms with E-state index in [4.69, 9.17) is 5.11 Å². The van der Waals surface area contributed by atoms with E-state index >= 15 is 0 Å². The number of aryl methyl sites for hydroxylation is 2. The van der Waals surface area contributed by atoms with Crippen molar-refractivity contribution in [3.63, 3.8) is 0 Å². The number of hydrogen-bond donors (Lipinski definition) is 1. The van der Waals surface area contributed by atoms with Gasteiger partial charge in [0.05, 0.1) is 5.56 Å². The Morgan fingerprint density at radius 3 is 2.75 bits per heavy atom. The lowest BCUT2D eigenvalue weighted by molar-refractivity contribution is -0.130. The van der Waals surface area contributed by atoms with Crippen LogP contribution in [0.15, 0.2) is 35.1 Å². The first-order chi connectivity index (χ1) is 13.3. The van der Waals surface area contributed by atoms with E-state index in [1.807, 2.05) is 24.0 Å². The smallest absolute Gasteiger partial charge is 0.347 e. The number of aromatic carboxylic acids is 1. The molecule has 1 fully saturated rings. The van der Waals surface area contributed by atoms with Crippen molar-refractivity contribution >= 4 is 11.9 Å². The Balaban J connectivity index is 1.55. The Morgan fingerprint density at radius 2 is 2.04 bits per heavy atom. The van der Waals surface area contributed by atoms with Gasteiger partial charge >= 0.3 is 11.7 Å². The van der Waals surface area contributed by atoms with Crippen LogP contribution in [-0.4, -0.2) is 44.5 Å². The van der Waals surface area contributed by atoms with E-state index in [0.29, 0.717) is 31.2 Å². The number of amides is 1. The zero-order valence-corrected chi connectivity index (χ0v) is 16.2. The SMILES string of the molecule is Cc1cc(C)n(CCC(=O)N2CCC(Cc3cccc(C(=O)O)c3)C2)c(=O)n1. The molecule has 1 aliphatic rings. The molecule has 1 N–H and O–H groups in total. The Hall–Kier alpha value is -2.96. The van der Waals surface area contributed by atoms with Crippen molar-refractivity contribution in [2.45, 2.75) is 39.7 Å². The molecule has 2 aromatic rings. The number of hydrogen-bond acceptors (Lipinski definition) is 4. The van der Waals surface area contributed by atoms with Gasteiger partial charge in [-0.3, -0.25) is 9.36 Å².